The van der Waals surface area contributed by atoms with Crippen molar-refractivity contribution in [3.05, 3.63) is 181 Å². The Morgan fingerprint density at radius 3 is 1.71 bits per heavy atom. The molecule has 1 nitrogen and oxygen atoms in total. The third-order valence-electron chi connectivity index (χ3n) is 11.7. The van der Waals surface area contributed by atoms with Crippen LogP contribution in [-0.2, 0) is 5.41 Å². The molecule has 1 aromatic heterocycles. The topological polar surface area (TPSA) is 13.1 Å². The largest absolute Gasteiger partial charge is 0.455 e. The number of hydrogen-bond donors (Lipinski definition) is 0. The summed E-state index contributed by atoms with van der Waals surface area (Å²) in [5.41, 5.74) is 14.6. The molecule has 0 aliphatic heterocycles. The summed E-state index contributed by atoms with van der Waals surface area (Å²) >= 11 is 0. The van der Waals surface area contributed by atoms with Gasteiger partial charge < -0.3 is 4.42 Å². The summed E-state index contributed by atoms with van der Waals surface area (Å²) in [6.07, 6.45) is 0. The Bertz CT molecular complexity index is 3040. The van der Waals surface area contributed by atoms with E-state index in [1.807, 2.05) is 6.07 Å². The van der Waals surface area contributed by atoms with Crippen LogP contribution in [-0.4, -0.2) is 0 Å². The third kappa shape index (κ3) is 4.05. The Balaban J connectivity index is 1.13. The molecule has 0 amide bonds. The van der Waals surface area contributed by atoms with Gasteiger partial charge in [-0.15, -0.1) is 0 Å². The number of fused-ring (bicyclic) bond motifs is 10. The van der Waals surface area contributed by atoms with Crippen LogP contribution in [0.5, 0.6) is 0 Å². The van der Waals surface area contributed by atoms with E-state index in [4.69, 9.17) is 4.42 Å². The van der Waals surface area contributed by atoms with Crippen molar-refractivity contribution < 1.29 is 4.42 Å². The van der Waals surface area contributed by atoms with Crippen LogP contribution in [0.4, 0.5) is 0 Å². The monoisotopic (exact) mass is 662 g/mol. The number of rotatable bonds is 3. The molecule has 52 heavy (non-hydrogen) atoms. The molecule has 0 fully saturated rings. The number of para-hydroxylation sites is 2. The van der Waals surface area contributed by atoms with Gasteiger partial charge in [-0.05, 0) is 95.0 Å². The molecule has 0 unspecified atom stereocenters. The molecule has 11 rings (SSSR count). The predicted octanol–water partition coefficient (Wildman–Crippen LogP) is 14.4. The van der Waals surface area contributed by atoms with Crippen LogP contribution in [0.2, 0.25) is 0 Å². The maximum Gasteiger partial charge on any atom is 0.143 e. The second-order valence-corrected chi connectivity index (χ2v) is 14.8. The Labute approximate surface area is 302 Å². The summed E-state index contributed by atoms with van der Waals surface area (Å²) in [6, 6.07) is 62.4. The summed E-state index contributed by atoms with van der Waals surface area (Å²) in [6.45, 7) is 4.72. The van der Waals surface area contributed by atoms with Crippen molar-refractivity contribution in [1.29, 1.82) is 0 Å². The fraction of sp³-hybridized carbons (Fsp3) is 0.0588. The Kier molecular flexibility index (Phi) is 6.08. The van der Waals surface area contributed by atoms with Gasteiger partial charge >= 0.3 is 0 Å². The predicted molar refractivity (Wildman–Crippen MR) is 220 cm³/mol. The number of hydrogen-bond acceptors (Lipinski definition) is 1. The first kappa shape index (κ1) is 29.3. The molecule has 0 atom stereocenters. The van der Waals surface area contributed by atoms with Crippen LogP contribution in [0.3, 0.4) is 0 Å². The van der Waals surface area contributed by atoms with Gasteiger partial charge in [0.15, 0.2) is 0 Å². The molecular formula is C51H34O. The van der Waals surface area contributed by atoms with Crippen molar-refractivity contribution in [2.24, 2.45) is 0 Å². The van der Waals surface area contributed by atoms with Gasteiger partial charge in [0.2, 0.25) is 0 Å². The fourth-order valence-electron chi connectivity index (χ4n) is 9.23. The van der Waals surface area contributed by atoms with Gasteiger partial charge in [-0.1, -0.05) is 166 Å². The average molecular weight is 663 g/mol. The highest BCUT2D eigenvalue weighted by atomic mass is 16.3. The zero-order valence-electron chi connectivity index (χ0n) is 29.1. The minimum Gasteiger partial charge on any atom is -0.455 e. The van der Waals surface area contributed by atoms with Crippen LogP contribution in [0.25, 0.3) is 98.8 Å². The first-order valence-electron chi connectivity index (χ1n) is 18.2. The van der Waals surface area contributed by atoms with Crippen LogP contribution >= 0.6 is 0 Å². The zero-order chi connectivity index (χ0) is 34.6. The van der Waals surface area contributed by atoms with Crippen molar-refractivity contribution in [2.45, 2.75) is 19.3 Å². The highest BCUT2D eigenvalue weighted by molar-refractivity contribution is 6.24. The summed E-state index contributed by atoms with van der Waals surface area (Å²) in [4.78, 5) is 0. The van der Waals surface area contributed by atoms with Crippen LogP contribution in [0.15, 0.2) is 174 Å². The molecule has 0 saturated heterocycles. The molecule has 0 N–H and O–H groups in total. The van der Waals surface area contributed by atoms with E-state index in [2.05, 4.69) is 178 Å². The third-order valence-corrected chi connectivity index (χ3v) is 11.7. The lowest BCUT2D eigenvalue weighted by Crippen LogP contribution is -2.14. The lowest BCUT2D eigenvalue weighted by Gasteiger charge is -2.21. The Morgan fingerprint density at radius 2 is 0.942 bits per heavy atom. The van der Waals surface area contributed by atoms with Crippen molar-refractivity contribution >= 4 is 54.3 Å². The number of furan rings is 1. The normalized spacial score (nSPS) is 13.3. The standard InChI is InChI=1S/C51H34O/c1-51(2)44-27-26-33(30-43(44)49-35-16-4-3-13-31(35)25-28-45(49)51)32-14-11-15-34(29-32)47-37-18-5-7-20-39(37)48(40-21-8-6-19-38(40)47)42-23-12-22-41-36-17-9-10-24-46(36)52-50(41)42/h3-30H,1-2H3. The maximum absolute atomic E-state index is 6.61. The second kappa shape index (κ2) is 10.8. The van der Waals surface area contributed by atoms with Crippen molar-refractivity contribution in [2.75, 3.05) is 0 Å². The molecular weight excluding hydrogens is 629 g/mol. The molecule has 10 aromatic rings. The SMILES string of the molecule is CC1(C)c2ccc(-c3cccc(-c4c5ccccc5c(-c5cccc6c5oc5ccccc56)c5ccccc45)c3)cc2-c2c1ccc1ccccc21. The lowest BCUT2D eigenvalue weighted by atomic mass is 9.81. The van der Waals surface area contributed by atoms with Crippen molar-refractivity contribution in [3.8, 4) is 44.5 Å². The quantitative estimate of drug-likeness (QED) is 0.172. The van der Waals surface area contributed by atoms with E-state index in [0.29, 0.717) is 0 Å². The molecule has 0 saturated carbocycles. The molecule has 1 aliphatic rings. The Hall–Kier alpha value is -6.44. The summed E-state index contributed by atoms with van der Waals surface area (Å²) in [5.74, 6) is 0. The van der Waals surface area contributed by atoms with Gasteiger partial charge in [0, 0.05) is 27.3 Å². The summed E-state index contributed by atoms with van der Waals surface area (Å²) < 4.78 is 6.61. The second-order valence-electron chi connectivity index (χ2n) is 14.8. The van der Waals surface area contributed by atoms with E-state index in [0.717, 1.165) is 27.5 Å². The minimum atomic E-state index is -0.0542. The van der Waals surface area contributed by atoms with Crippen molar-refractivity contribution in [3.63, 3.8) is 0 Å². The van der Waals surface area contributed by atoms with Gasteiger partial charge in [-0.2, -0.15) is 0 Å². The molecule has 1 heteroatoms. The highest BCUT2D eigenvalue weighted by Gasteiger charge is 2.36. The smallest absolute Gasteiger partial charge is 0.143 e. The molecule has 0 bridgehead atoms. The van der Waals surface area contributed by atoms with E-state index in [-0.39, 0.29) is 5.41 Å². The van der Waals surface area contributed by atoms with E-state index < -0.39 is 0 Å². The Morgan fingerprint density at radius 1 is 0.365 bits per heavy atom. The fourth-order valence-corrected chi connectivity index (χ4v) is 9.23. The first-order chi connectivity index (χ1) is 25.6. The lowest BCUT2D eigenvalue weighted by molar-refractivity contribution is 0.661. The molecule has 9 aromatic carbocycles. The molecule has 1 aliphatic carbocycles. The van der Waals surface area contributed by atoms with E-state index in [1.165, 1.54) is 82.4 Å². The number of benzene rings is 9. The van der Waals surface area contributed by atoms with Crippen molar-refractivity contribution in [1.82, 2.24) is 0 Å². The van der Waals surface area contributed by atoms with Crippen LogP contribution in [0, 0.1) is 0 Å². The molecule has 0 radical (unpaired) electrons. The van der Waals surface area contributed by atoms with E-state index in [9.17, 15) is 0 Å². The van der Waals surface area contributed by atoms with Gasteiger partial charge in [-0.25, -0.2) is 0 Å². The van der Waals surface area contributed by atoms with Crippen LogP contribution in [0.1, 0.15) is 25.0 Å². The van der Waals surface area contributed by atoms with Gasteiger partial charge in [0.25, 0.3) is 0 Å². The highest BCUT2D eigenvalue weighted by Crippen LogP contribution is 2.52. The van der Waals surface area contributed by atoms with Gasteiger partial charge in [0.05, 0.1) is 0 Å². The van der Waals surface area contributed by atoms with Gasteiger partial charge in [0.1, 0.15) is 11.2 Å². The minimum absolute atomic E-state index is 0.0542. The van der Waals surface area contributed by atoms with Gasteiger partial charge in [-0.3, -0.25) is 0 Å². The molecule has 1 heterocycles. The summed E-state index contributed by atoms with van der Waals surface area (Å²) in [7, 11) is 0. The zero-order valence-corrected chi connectivity index (χ0v) is 29.1. The van der Waals surface area contributed by atoms with E-state index >= 15 is 0 Å². The first-order valence-corrected chi connectivity index (χ1v) is 18.2. The average Bonchev–Trinajstić information content (AvgIpc) is 3.69. The summed E-state index contributed by atoms with van der Waals surface area (Å²) in [5, 5.41) is 9.82. The maximum atomic E-state index is 6.61. The van der Waals surface area contributed by atoms with Crippen LogP contribution < -0.4 is 0 Å². The van der Waals surface area contributed by atoms with E-state index in [1.54, 1.807) is 0 Å². The molecule has 0 spiro atoms. The molecule has 244 valence electrons.